The van der Waals surface area contributed by atoms with Crippen LogP contribution in [0.4, 0.5) is 0 Å². The molecule has 0 aliphatic heterocycles. The molecule has 0 aromatic carbocycles. The third-order valence-electron chi connectivity index (χ3n) is 1.63. The summed E-state index contributed by atoms with van der Waals surface area (Å²) in [5.41, 5.74) is 0. The Morgan fingerprint density at radius 1 is 0.778 bits per heavy atom. The summed E-state index contributed by atoms with van der Waals surface area (Å²) < 4.78 is 8.84. The van der Waals surface area contributed by atoms with Crippen LogP contribution in [0.25, 0.3) is 0 Å². The van der Waals surface area contributed by atoms with Gasteiger partial charge in [-0.15, -0.1) is 0 Å². The van der Waals surface area contributed by atoms with Crippen molar-refractivity contribution in [1.82, 2.24) is 0 Å². The van der Waals surface area contributed by atoms with Gasteiger partial charge in [0.2, 0.25) is 5.78 Å². The van der Waals surface area contributed by atoms with Gasteiger partial charge in [-0.1, -0.05) is 0 Å². The SMILES string of the molecule is CC(=O)COC(=O)CCC(=O)C(=O)OCC(C)=O. The highest BCUT2D eigenvalue weighted by Crippen LogP contribution is 1.97. The molecule has 7 heteroatoms. The Balaban J connectivity index is 3.88. The van der Waals surface area contributed by atoms with Crippen molar-refractivity contribution < 1.29 is 33.4 Å². The van der Waals surface area contributed by atoms with E-state index in [9.17, 15) is 24.0 Å². The van der Waals surface area contributed by atoms with Gasteiger partial charge in [-0.05, 0) is 13.8 Å². The average Bonchev–Trinajstić information content (AvgIpc) is 2.30. The number of ketones is 3. The summed E-state index contributed by atoms with van der Waals surface area (Å²) >= 11 is 0. The van der Waals surface area contributed by atoms with Crippen LogP contribution in [0.15, 0.2) is 0 Å². The van der Waals surface area contributed by atoms with Crippen molar-refractivity contribution in [2.75, 3.05) is 13.2 Å². The molecule has 0 heterocycles. The molecule has 0 atom stereocenters. The number of carbonyl (C=O) groups is 5. The van der Waals surface area contributed by atoms with Gasteiger partial charge in [0.1, 0.15) is 13.2 Å². The molecular formula is C11H14O7. The van der Waals surface area contributed by atoms with Crippen LogP contribution in [0.1, 0.15) is 26.7 Å². The van der Waals surface area contributed by atoms with E-state index in [-0.39, 0.29) is 25.2 Å². The van der Waals surface area contributed by atoms with Crippen LogP contribution in [0.3, 0.4) is 0 Å². The molecule has 0 saturated heterocycles. The van der Waals surface area contributed by atoms with Crippen LogP contribution >= 0.6 is 0 Å². The van der Waals surface area contributed by atoms with Crippen LogP contribution in [0.5, 0.6) is 0 Å². The zero-order valence-electron chi connectivity index (χ0n) is 10.2. The highest BCUT2D eigenvalue weighted by atomic mass is 16.5. The van der Waals surface area contributed by atoms with Gasteiger partial charge in [0.05, 0.1) is 6.42 Å². The maximum absolute atomic E-state index is 11.1. The van der Waals surface area contributed by atoms with Gasteiger partial charge in [-0.3, -0.25) is 19.2 Å². The molecule has 0 spiro atoms. The minimum Gasteiger partial charge on any atom is -0.458 e. The zero-order valence-corrected chi connectivity index (χ0v) is 10.2. The van der Waals surface area contributed by atoms with Crippen molar-refractivity contribution in [2.45, 2.75) is 26.7 Å². The fourth-order valence-electron chi connectivity index (χ4n) is 0.820. The number of hydrogen-bond donors (Lipinski definition) is 0. The second-order valence-electron chi connectivity index (χ2n) is 3.56. The highest BCUT2D eigenvalue weighted by Gasteiger charge is 2.18. The molecule has 0 unspecified atom stereocenters. The van der Waals surface area contributed by atoms with Gasteiger partial charge < -0.3 is 9.47 Å². The monoisotopic (exact) mass is 258 g/mol. The van der Waals surface area contributed by atoms with Gasteiger partial charge in [0, 0.05) is 6.42 Å². The Labute approximate surface area is 103 Å². The molecule has 18 heavy (non-hydrogen) atoms. The van der Waals surface area contributed by atoms with E-state index in [1.54, 1.807) is 0 Å². The first-order chi connectivity index (χ1) is 8.32. The molecule has 0 aromatic rings. The first kappa shape index (κ1) is 16.0. The molecule has 7 nitrogen and oxygen atoms in total. The first-order valence-electron chi connectivity index (χ1n) is 5.17. The third kappa shape index (κ3) is 8.14. The predicted molar refractivity (Wildman–Crippen MR) is 57.5 cm³/mol. The lowest BCUT2D eigenvalue weighted by Gasteiger charge is -2.02. The van der Waals surface area contributed by atoms with Crippen molar-refractivity contribution in [3.05, 3.63) is 0 Å². The number of rotatable bonds is 8. The van der Waals surface area contributed by atoms with Crippen LogP contribution in [-0.4, -0.2) is 42.5 Å². The molecule has 0 aliphatic rings. The lowest BCUT2D eigenvalue weighted by molar-refractivity contribution is -0.156. The molecule has 0 rings (SSSR count). The quantitative estimate of drug-likeness (QED) is 0.431. The molecule has 0 saturated carbocycles. The normalized spacial score (nSPS) is 9.44. The smallest absolute Gasteiger partial charge is 0.375 e. The van der Waals surface area contributed by atoms with Gasteiger partial charge in [-0.25, -0.2) is 4.79 Å². The number of esters is 2. The minimum atomic E-state index is -1.16. The number of hydrogen-bond acceptors (Lipinski definition) is 7. The average molecular weight is 258 g/mol. The second-order valence-corrected chi connectivity index (χ2v) is 3.56. The maximum Gasteiger partial charge on any atom is 0.375 e. The Bertz CT molecular complexity index is 370. The van der Waals surface area contributed by atoms with Crippen molar-refractivity contribution in [2.24, 2.45) is 0 Å². The zero-order chi connectivity index (χ0) is 14.1. The second kappa shape index (κ2) is 8.10. The van der Waals surface area contributed by atoms with E-state index in [1.165, 1.54) is 13.8 Å². The lowest BCUT2D eigenvalue weighted by Crippen LogP contribution is -2.21. The summed E-state index contributed by atoms with van der Waals surface area (Å²) in [6.45, 7) is 1.62. The molecule has 0 aliphatic carbocycles. The van der Waals surface area contributed by atoms with Crippen LogP contribution < -0.4 is 0 Å². The van der Waals surface area contributed by atoms with Gasteiger partial charge in [0.15, 0.2) is 11.6 Å². The first-order valence-corrected chi connectivity index (χ1v) is 5.17. The van der Waals surface area contributed by atoms with Crippen molar-refractivity contribution in [3.8, 4) is 0 Å². The lowest BCUT2D eigenvalue weighted by atomic mass is 10.2. The number of Topliss-reactive ketones (excluding diaryl/α,β-unsaturated/α-hetero) is 3. The van der Waals surface area contributed by atoms with Crippen molar-refractivity contribution >= 4 is 29.3 Å². The molecule has 100 valence electrons. The Morgan fingerprint density at radius 3 is 1.78 bits per heavy atom. The molecule has 0 aromatic heterocycles. The van der Waals surface area contributed by atoms with Crippen LogP contribution in [0.2, 0.25) is 0 Å². The van der Waals surface area contributed by atoms with E-state index in [0.29, 0.717) is 0 Å². The molecule has 0 N–H and O–H groups in total. The fraction of sp³-hybridized carbons (Fsp3) is 0.545. The predicted octanol–water partition coefficient (Wildman–Crippen LogP) is -0.400. The summed E-state index contributed by atoms with van der Waals surface area (Å²) in [5, 5.41) is 0. The van der Waals surface area contributed by atoms with E-state index in [2.05, 4.69) is 9.47 Å². The maximum atomic E-state index is 11.1. The summed E-state index contributed by atoms with van der Waals surface area (Å²) in [6.07, 6.45) is -0.700. The van der Waals surface area contributed by atoms with Crippen molar-refractivity contribution in [3.63, 3.8) is 0 Å². The largest absolute Gasteiger partial charge is 0.458 e. The molecular weight excluding hydrogens is 244 g/mol. The summed E-state index contributed by atoms with van der Waals surface area (Å²) in [7, 11) is 0. The number of ether oxygens (including phenoxy) is 2. The summed E-state index contributed by atoms with van der Waals surface area (Å²) in [4.78, 5) is 54.1. The highest BCUT2D eigenvalue weighted by molar-refractivity contribution is 6.34. The molecule has 0 bridgehead atoms. The van der Waals surface area contributed by atoms with E-state index >= 15 is 0 Å². The van der Waals surface area contributed by atoms with E-state index in [4.69, 9.17) is 0 Å². The Morgan fingerprint density at radius 2 is 1.28 bits per heavy atom. The van der Waals surface area contributed by atoms with E-state index in [0.717, 1.165) is 0 Å². The Kier molecular flexibility index (Phi) is 7.18. The standard InChI is InChI=1S/C11H14O7/c1-7(12)5-17-10(15)4-3-9(14)11(16)18-6-8(2)13/h3-6H2,1-2H3. The van der Waals surface area contributed by atoms with E-state index < -0.39 is 30.1 Å². The number of carbonyl (C=O) groups excluding carboxylic acids is 5. The fourth-order valence-corrected chi connectivity index (χ4v) is 0.820. The molecule has 0 amide bonds. The minimum absolute atomic E-state index is 0.318. The van der Waals surface area contributed by atoms with Gasteiger partial charge >= 0.3 is 11.9 Å². The van der Waals surface area contributed by atoms with E-state index in [1.807, 2.05) is 0 Å². The van der Waals surface area contributed by atoms with Gasteiger partial charge in [-0.2, -0.15) is 0 Å². The molecule has 0 fully saturated rings. The summed E-state index contributed by atoms with van der Waals surface area (Å²) in [5.74, 6) is -3.55. The topological polar surface area (TPSA) is 104 Å². The Hall–Kier alpha value is -2.05. The third-order valence-corrected chi connectivity index (χ3v) is 1.63. The van der Waals surface area contributed by atoms with Crippen LogP contribution in [-0.2, 0) is 33.4 Å². The van der Waals surface area contributed by atoms with Crippen molar-refractivity contribution in [1.29, 1.82) is 0 Å². The van der Waals surface area contributed by atoms with Crippen LogP contribution in [0, 0.1) is 0 Å². The van der Waals surface area contributed by atoms with Gasteiger partial charge in [0.25, 0.3) is 0 Å². The molecule has 0 radical (unpaired) electrons. The summed E-state index contributed by atoms with van der Waals surface area (Å²) in [6, 6.07) is 0.